The molecule has 0 saturated heterocycles. The van der Waals surface area contributed by atoms with Gasteiger partial charge in [-0.15, -0.1) is 11.6 Å². The monoisotopic (exact) mass is 328 g/mol. The van der Waals surface area contributed by atoms with Crippen LogP contribution in [-0.2, 0) is 9.84 Å². The van der Waals surface area contributed by atoms with Gasteiger partial charge in [0, 0.05) is 29.7 Å². The van der Waals surface area contributed by atoms with E-state index >= 15 is 0 Å². The largest absolute Gasteiger partial charge is 0.277 e. The molecule has 6 nitrogen and oxygen atoms in total. The summed E-state index contributed by atoms with van der Waals surface area (Å²) in [6.45, 7) is 1.73. The van der Waals surface area contributed by atoms with Crippen LogP contribution in [0.1, 0.15) is 6.92 Å². The van der Waals surface area contributed by atoms with Crippen LogP contribution in [0, 0.1) is 16.0 Å². The summed E-state index contributed by atoms with van der Waals surface area (Å²) in [6, 6.07) is 3.91. The molecule has 21 heavy (non-hydrogen) atoms. The summed E-state index contributed by atoms with van der Waals surface area (Å²) in [4.78, 5) is 14.4. The molecule has 0 amide bonds. The van der Waals surface area contributed by atoms with Crippen LogP contribution in [0.4, 0.5) is 5.69 Å². The Morgan fingerprint density at radius 3 is 2.67 bits per heavy atom. The van der Waals surface area contributed by atoms with Gasteiger partial charge in [-0.1, -0.05) is 6.92 Å². The summed E-state index contributed by atoms with van der Waals surface area (Å²) < 4.78 is 24.9. The summed E-state index contributed by atoms with van der Waals surface area (Å²) >= 11 is 5.66. The molecule has 0 radical (unpaired) electrons. The second kappa shape index (κ2) is 5.95. The zero-order chi connectivity index (χ0) is 15.6. The van der Waals surface area contributed by atoms with Gasteiger partial charge in [-0.05, 0) is 18.1 Å². The number of pyridine rings is 1. The van der Waals surface area contributed by atoms with E-state index in [1.807, 2.05) is 0 Å². The topological polar surface area (TPSA) is 90.2 Å². The van der Waals surface area contributed by atoms with Gasteiger partial charge in [0.05, 0.1) is 21.0 Å². The van der Waals surface area contributed by atoms with E-state index in [-0.39, 0.29) is 38.9 Å². The number of nitrogens with zero attached hydrogens (tertiary/aromatic N) is 2. The maximum absolute atomic E-state index is 12.4. The van der Waals surface area contributed by atoms with Gasteiger partial charge in [0.15, 0.2) is 9.84 Å². The highest BCUT2D eigenvalue weighted by molar-refractivity contribution is 7.91. The molecule has 0 spiro atoms. The molecule has 1 aromatic carbocycles. The zero-order valence-electron chi connectivity index (χ0n) is 11.2. The molecule has 0 N–H and O–H groups in total. The van der Waals surface area contributed by atoms with Gasteiger partial charge in [-0.3, -0.25) is 15.1 Å². The molecule has 0 aliphatic carbocycles. The summed E-state index contributed by atoms with van der Waals surface area (Å²) in [6.07, 6.45) is 2.73. The maximum Gasteiger partial charge on any atom is 0.277 e. The summed E-state index contributed by atoms with van der Waals surface area (Å²) in [5.74, 6) is -0.0978. The lowest BCUT2D eigenvalue weighted by atomic mass is 10.1. The molecule has 1 aromatic heterocycles. The minimum Gasteiger partial charge on any atom is -0.264 e. The molecule has 1 atom stereocenters. The zero-order valence-corrected chi connectivity index (χ0v) is 12.8. The van der Waals surface area contributed by atoms with Crippen molar-refractivity contribution in [2.24, 2.45) is 5.92 Å². The number of nitro groups is 1. The van der Waals surface area contributed by atoms with Crippen molar-refractivity contribution in [1.29, 1.82) is 0 Å². The van der Waals surface area contributed by atoms with Crippen LogP contribution >= 0.6 is 11.6 Å². The van der Waals surface area contributed by atoms with Gasteiger partial charge < -0.3 is 0 Å². The molecule has 2 rings (SSSR count). The third kappa shape index (κ3) is 3.14. The van der Waals surface area contributed by atoms with Crippen molar-refractivity contribution in [1.82, 2.24) is 4.98 Å². The molecule has 0 aliphatic rings. The lowest BCUT2D eigenvalue weighted by Gasteiger charge is -2.11. The Morgan fingerprint density at radius 1 is 1.33 bits per heavy atom. The molecule has 1 heterocycles. The minimum absolute atomic E-state index is 0.0492. The van der Waals surface area contributed by atoms with E-state index < -0.39 is 14.8 Å². The standard InChI is InChI=1S/C13H13ClN2O4S/c1-9(6-14)8-21(19,20)13-3-2-12(16(17)18)10-4-5-15-7-11(10)13/h2-5,7,9H,6,8H2,1H3. The molecule has 1 unspecified atom stereocenters. The van der Waals surface area contributed by atoms with Crippen molar-refractivity contribution in [2.45, 2.75) is 11.8 Å². The van der Waals surface area contributed by atoms with E-state index in [4.69, 9.17) is 11.6 Å². The quantitative estimate of drug-likeness (QED) is 0.478. The van der Waals surface area contributed by atoms with E-state index in [9.17, 15) is 18.5 Å². The van der Waals surface area contributed by atoms with Crippen molar-refractivity contribution in [3.8, 4) is 0 Å². The number of fused-ring (bicyclic) bond motifs is 1. The van der Waals surface area contributed by atoms with Gasteiger partial charge >= 0.3 is 0 Å². The first-order valence-corrected chi connectivity index (χ1v) is 8.35. The van der Waals surface area contributed by atoms with Crippen molar-refractivity contribution >= 4 is 37.9 Å². The van der Waals surface area contributed by atoms with Crippen molar-refractivity contribution in [2.75, 3.05) is 11.6 Å². The number of benzene rings is 1. The number of sulfone groups is 1. The molecule has 0 bridgehead atoms. The Morgan fingerprint density at radius 2 is 2.05 bits per heavy atom. The Bertz CT molecular complexity index is 792. The van der Waals surface area contributed by atoms with E-state index in [1.165, 1.54) is 30.6 Å². The highest BCUT2D eigenvalue weighted by atomic mass is 35.5. The Kier molecular flexibility index (Phi) is 4.43. The molecule has 0 fully saturated rings. The SMILES string of the molecule is CC(CCl)CS(=O)(=O)c1ccc([N+](=O)[O-])c2ccncc12. The molecular formula is C13H13ClN2O4S. The molecule has 0 aliphatic heterocycles. The average Bonchev–Trinajstić information content (AvgIpc) is 2.45. The Hall–Kier alpha value is -1.73. The van der Waals surface area contributed by atoms with E-state index in [1.54, 1.807) is 6.92 Å². The predicted molar refractivity (Wildman–Crippen MR) is 80.3 cm³/mol. The number of hydrogen-bond acceptors (Lipinski definition) is 5. The van der Waals surface area contributed by atoms with Crippen LogP contribution < -0.4 is 0 Å². The summed E-state index contributed by atoms with van der Waals surface area (Å²) in [7, 11) is -3.59. The van der Waals surface area contributed by atoms with E-state index in [0.29, 0.717) is 0 Å². The Labute approximate surface area is 126 Å². The van der Waals surface area contributed by atoms with Crippen LogP contribution in [0.25, 0.3) is 10.8 Å². The predicted octanol–water partition coefficient (Wildman–Crippen LogP) is 2.79. The maximum atomic E-state index is 12.4. The minimum atomic E-state index is -3.59. The first-order chi connectivity index (χ1) is 9.86. The number of non-ortho nitro benzene ring substituents is 1. The van der Waals surface area contributed by atoms with E-state index in [0.717, 1.165) is 0 Å². The van der Waals surface area contributed by atoms with Gasteiger partial charge in [-0.2, -0.15) is 0 Å². The van der Waals surface area contributed by atoms with Crippen molar-refractivity contribution in [3.05, 3.63) is 40.7 Å². The van der Waals surface area contributed by atoms with Crippen LogP contribution in [-0.4, -0.2) is 30.0 Å². The average molecular weight is 329 g/mol. The number of hydrogen-bond donors (Lipinski definition) is 0. The smallest absolute Gasteiger partial charge is 0.264 e. The molecule has 2 aromatic rings. The number of rotatable bonds is 5. The fourth-order valence-electron chi connectivity index (χ4n) is 2.09. The lowest BCUT2D eigenvalue weighted by molar-refractivity contribution is -0.383. The van der Waals surface area contributed by atoms with Gasteiger partial charge in [-0.25, -0.2) is 8.42 Å². The van der Waals surface area contributed by atoms with E-state index in [2.05, 4.69) is 4.98 Å². The van der Waals surface area contributed by atoms with Crippen LogP contribution in [0.2, 0.25) is 0 Å². The number of halogens is 1. The second-order valence-electron chi connectivity index (χ2n) is 4.80. The van der Waals surface area contributed by atoms with Gasteiger partial charge in [0.2, 0.25) is 0 Å². The van der Waals surface area contributed by atoms with Gasteiger partial charge in [0.25, 0.3) is 5.69 Å². The highest BCUT2D eigenvalue weighted by Gasteiger charge is 2.24. The third-order valence-electron chi connectivity index (χ3n) is 3.05. The summed E-state index contributed by atoms with van der Waals surface area (Å²) in [5, 5.41) is 11.5. The van der Waals surface area contributed by atoms with Crippen molar-refractivity contribution in [3.63, 3.8) is 0 Å². The first-order valence-electron chi connectivity index (χ1n) is 6.16. The highest BCUT2D eigenvalue weighted by Crippen LogP contribution is 2.31. The molecular weight excluding hydrogens is 316 g/mol. The van der Waals surface area contributed by atoms with Gasteiger partial charge in [0.1, 0.15) is 0 Å². The number of nitro benzene ring substituents is 1. The molecule has 112 valence electrons. The summed E-state index contributed by atoms with van der Waals surface area (Å²) in [5.41, 5.74) is -0.142. The van der Waals surface area contributed by atoms with Crippen molar-refractivity contribution < 1.29 is 13.3 Å². The Balaban J connectivity index is 2.67. The second-order valence-corrected chi connectivity index (χ2v) is 7.11. The fourth-order valence-corrected chi connectivity index (χ4v) is 4.15. The first kappa shape index (κ1) is 15.7. The number of alkyl halides is 1. The van der Waals surface area contributed by atoms with Crippen LogP contribution in [0.5, 0.6) is 0 Å². The van der Waals surface area contributed by atoms with Crippen LogP contribution in [0.3, 0.4) is 0 Å². The number of aromatic nitrogens is 1. The lowest BCUT2D eigenvalue weighted by Crippen LogP contribution is -2.15. The third-order valence-corrected chi connectivity index (χ3v) is 5.61. The fraction of sp³-hybridized carbons (Fsp3) is 0.308. The molecule has 8 heteroatoms. The van der Waals surface area contributed by atoms with Crippen LogP contribution in [0.15, 0.2) is 35.5 Å². The molecule has 0 saturated carbocycles. The normalized spacial score (nSPS) is 13.2.